The standard InChI is InChI=1S/C11H23N/c1-5-6-12-8-10(3)9(2)7-11(12)4/h9-11H,5-8H2,1-4H3/t9?,10-,11+/m0/s1. The highest BCUT2D eigenvalue weighted by Crippen LogP contribution is 2.26. The normalized spacial score (nSPS) is 38.5. The van der Waals surface area contributed by atoms with Crippen LogP contribution in [0.15, 0.2) is 0 Å². The Hall–Kier alpha value is -0.0400. The molecule has 0 saturated carbocycles. The van der Waals surface area contributed by atoms with E-state index in [-0.39, 0.29) is 0 Å². The van der Waals surface area contributed by atoms with E-state index in [1.165, 1.54) is 25.9 Å². The third-order valence-electron chi connectivity index (χ3n) is 3.34. The van der Waals surface area contributed by atoms with E-state index in [9.17, 15) is 0 Å². The fraction of sp³-hybridized carbons (Fsp3) is 1.00. The SMILES string of the molecule is CCCN1C[C@H](C)C(C)C[C@H]1C. The molecule has 1 saturated heterocycles. The van der Waals surface area contributed by atoms with Crippen LogP contribution in [0.25, 0.3) is 0 Å². The highest BCUT2D eigenvalue weighted by atomic mass is 15.2. The summed E-state index contributed by atoms with van der Waals surface area (Å²) in [5, 5.41) is 0. The third-order valence-corrected chi connectivity index (χ3v) is 3.34. The number of hydrogen-bond acceptors (Lipinski definition) is 1. The Morgan fingerprint density at radius 1 is 1.17 bits per heavy atom. The molecule has 1 aliphatic heterocycles. The molecule has 0 aromatic carbocycles. The van der Waals surface area contributed by atoms with E-state index in [1.54, 1.807) is 0 Å². The van der Waals surface area contributed by atoms with Gasteiger partial charge in [-0.3, -0.25) is 0 Å². The van der Waals surface area contributed by atoms with Gasteiger partial charge in [-0.05, 0) is 38.1 Å². The highest BCUT2D eigenvalue weighted by Gasteiger charge is 2.27. The van der Waals surface area contributed by atoms with Gasteiger partial charge in [0.2, 0.25) is 0 Å². The molecule has 1 aliphatic rings. The average molecular weight is 169 g/mol. The van der Waals surface area contributed by atoms with Crippen molar-refractivity contribution in [2.24, 2.45) is 11.8 Å². The zero-order valence-electron chi connectivity index (χ0n) is 9.01. The second kappa shape index (κ2) is 4.27. The number of piperidine rings is 1. The first-order chi connectivity index (χ1) is 5.65. The van der Waals surface area contributed by atoms with Crippen LogP contribution in [-0.2, 0) is 0 Å². The van der Waals surface area contributed by atoms with Crippen LogP contribution >= 0.6 is 0 Å². The fourth-order valence-corrected chi connectivity index (χ4v) is 2.25. The summed E-state index contributed by atoms with van der Waals surface area (Å²) in [5.74, 6) is 1.82. The summed E-state index contributed by atoms with van der Waals surface area (Å²) in [4.78, 5) is 2.64. The molecule has 1 heterocycles. The number of nitrogens with zero attached hydrogens (tertiary/aromatic N) is 1. The third kappa shape index (κ3) is 2.22. The maximum atomic E-state index is 2.64. The molecule has 12 heavy (non-hydrogen) atoms. The van der Waals surface area contributed by atoms with Crippen molar-refractivity contribution in [2.45, 2.75) is 46.6 Å². The fourth-order valence-electron chi connectivity index (χ4n) is 2.25. The highest BCUT2D eigenvalue weighted by molar-refractivity contribution is 4.80. The molecule has 3 atom stereocenters. The Morgan fingerprint density at radius 3 is 2.42 bits per heavy atom. The molecule has 72 valence electrons. The minimum atomic E-state index is 0.816. The average Bonchev–Trinajstić information content (AvgIpc) is 2.01. The van der Waals surface area contributed by atoms with Gasteiger partial charge in [0.25, 0.3) is 0 Å². The van der Waals surface area contributed by atoms with Crippen LogP contribution < -0.4 is 0 Å². The summed E-state index contributed by atoms with van der Waals surface area (Å²) in [7, 11) is 0. The molecule has 0 aliphatic carbocycles. The lowest BCUT2D eigenvalue weighted by Gasteiger charge is -2.40. The van der Waals surface area contributed by atoms with Gasteiger partial charge in [0.15, 0.2) is 0 Å². The molecule has 0 amide bonds. The van der Waals surface area contributed by atoms with Crippen LogP contribution in [0.2, 0.25) is 0 Å². The summed E-state index contributed by atoms with van der Waals surface area (Å²) < 4.78 is 0. The molecule has 0 aromatic heterocycles. The van der Waals surface area contributed by atoms with Crippen LogP contribution in [-0.4, -0.2) is 24.0 Å². The molecule has 0 aromatic rings. The first-order valence-corrected chi connectivity index (χ1v) is 5.39. The van der Waals surface area contributed by atoms with Crippen LogP contribution in [0, 0.1) is 11.8 Å². The van der Waals surface area contributed by atoms with E-state index in [4.69, 9.17) is 0 Å². The van der Waals surface area contributed by atoms with E-state index in [2.05, 4.69) is 32.6 Å². The van der Waals surface area contributed by atoms with Gasteiger partial charge in [0, 0.05) is 12.6 Å². The topological polar surface area (TPSA) is 3.24 Å². The molecule has 1 heteroatoms. The maximum absolute atomic E-state index is 2.64. The second-order valence-corrected chi connectivity index (χ2v) is 4.53. The van der Waals surface area contributed by atoms with E-state index >= 15 is 0 Å². The second-order valence-electron chi connectivity index (χ2n) is 4.53. The van der Waals surface area contributed by atoms with Crippen molar-refractivity contribution >= 4 is 0 Å². The van der Waals surface area contributed by atoms with Crippen molar-refractivity contribution < 1.29 is 0 Å². The van der Waals surface area contributed by atoms with Crippen molar-refractivity contribution in [1.82, 2.24) is 4.90 Å². The predicted molar refractivity (Wildman–Crippen MR) is 54.3 cm³/mol. The molecule has 0 bridgehead atoms. The lowest BCUT2D eigenvalue weighted by atomic mass is 9.85. The van der Waals surface area contributed by atoms with Gasteiger partial charge in [-0.15, -0.1) is 0 Å². The molecule has 1 fully saturated rings. The van der Waals surface area contributed by atoms with E-state index in [1.807, 2.05) is 0 Å². The van der Waals surface area contributed by atoms with Gasteiger partial charge in [-0.2, -0.15) is 0 Å². The van der Waals surface area contributed by atoms with Gasteiger partial charge in [-0.1, -0.05) is 20.8 Å². The summed E-state index contributed by atoms with van der Waals surface area (Å²) in [6, 6.07) is 0.816. The lowest BCUT2D eigenvalue weighted by Crippen LogP contribution is -2.44. The van der Waals surface area contributed by atoms with Crippen molar-refractivity contribution in [3.05, 3.63) is 0 Å². The minimum Gasteiger partial charge on any atom is -0.300 e. The zero-order chi connectivity index (χ0) is 9.14. The summed E-state index contributed by atoms with van der Waals surface area (Å²) in [6.45, 7) is 12.0. The molecule has 1 nitrogen and oxygen atoms in total. The van der Waals surface area contributed by atoms with E-state index in [0.717, 1.165) is 17.9 Å². The molecule has 0 spiro atoms. The molecular weight excluding hydrogens is 146 g/mol. The maximum Gasteiger partial charge on any atom is 0.00696 e. The Morgan fingerprint density at radius 2 is 1.83 bits per heavy atom. The monoisotopic (exact) mass is 169 g/mol. The molecule has 1 unspecified atom stereocenters. The number of rotatable bonds is 2. The quantitative estimate of drug-likeness (QED) is 0.614. The van der Waals surface area contributed by atoms with Crippen molar-refractivity contribution in [3.8, 4) is 0 Å². The Bertz CT molecular complexity index is 133. The first kappa shape index (κ1) is 10.0. The van der Waals surface area contributed by atoms with E-state index < -0.39 is 0 Å². The van der Waals surface area contributed by atoms with Gasteiger partial charge in [0.1, 0.15) is 0 Å². The predicted octanol–water partition coefficient (Wildman–Crippen LogP) is 2.76. The smallest absolute Gasteiger partial charge is 0.00696 e. The summed E-state index contributed by atoms with van der Waals surface area (Å²) in [6.07, 6.45) is 2.69. The van der Waals surface area contributed by atoms with Gasteiger partial charge >= 0.3 is 0 Å². The Kier molecular flexibility index (Phi) is 3.57. The molecular formula is C11H23N. The largest absolute Gasteiger partial charge is 0.300 e. The van der Waals surface area contributed by atoms with Crippen LogP contribution in [0.1, 0.15) is 40.5 Å². The minimum absolute atomic E-state index is 0.816. The summed E-state index contributed by atoms with van der Waals surface area (Å²) >= 11 is 0. The van der Waals surface area contributed by atoms with Crippen LogP contribution in [0.3, 0.4) is 0 Å². The lowest BCUT2D eigenvalue weighted by molar-refractivity contribution is 0.0863. The van der Waals surface area contributed by atoms with Crippen LogP contribution in [0.4, 0.5) is 0 Å². The number of likely N-dealkylation sites (tertiary alicyclic amines) is 1. The van der Waals surface area contributed by atoms with Crippen LogP contribution in [0.5, 0.6) is 0 Å². The number of hydrogen-bond donors (Lipinski definition) is 0. The summed E-state index contributed by atoms with van der Waals surface area (Å²) in [5.41, 5.74) is 0. The first-order valence-electron chi connectivity index (χ1n) is 5.39. The molecule has 0 radical (unpaired) electrons. The van der Waals surface area contributed by atoms with Gasteiger partial charge < -0.3 is 4.90 Å². The van der Waals surface area contributed by atoms with Gasteiger partial charge in [0.05, 0.1) is 0 Å². The van der Waals surface area contributed by atoms with E-state index in [0.29, 0.717) is 0 Å². The molecule has 1 rings (SSSR count). The Labute approximate surface area is 77.1 Å². The van der Waals surface area contributed by atoms with Gasteiger partial charge in [-0.25, -0.2) is 0 Å². The van der Waals surface area contributed by atoms with Crippen molar-refractivity contribution in [2.75, 3.05) is 13.1 Å². The zero-order valence-corrected chi connectivity index (χ0v) is 9.01. The molecule has 0 N–H and O–H groups in total. The van der Waals surface area contributed by atoms with Crippen molar-refractivity contribution in [1.29, 1.82) is 0 Å². The van der Waals surface area contributed by atoms with Crippen molar-refractivity contribution in [3.63, 3.8) is 0 Å². The Balaban J connectivity index is 2.43.